The fourth-order valence-corrected chi connectivity index (χ4v) is 1.86. The zero-order valence-electron chi connectivity index (χ0n) is 12.0. The minimum Gasteiger partial charge on any atom is -0.462 e. The van der Waals surface area contributed by atoms with E-state index in [1.54, 1.807) is 25.3 Å². The van der Waals surface area contributed by atoms with E-state index in [9.17, 15) is 4.79 Å². The van der Waals surface area contributed by atoms with Gasteiger partial charge >= 0.3 is 5.97 Å². The van der Waals surface area contributed by atoms with Crippen LogP contribution in [0.2, 0.25) is 0 Å². The van der Waals surface area contributed by atoms with E-state index in [1.165, 1.54) is 0 Å². The lowest BCUT2D eigenvalue weighted by Crippen LogP contribution is -2.08. The summed E-state index contributed by atoms with van der Waals surface area (Å²) in [6, 6.07) is 11.4. The van der Waals surface area contributed by atoms with Crippen LogP contribution in [0.3, 0.4) is 0 Å². The molecule has 0 N–H and O–H groups in total. The first kappa shape index (κ1) is 14.1. The first-order chi connectivity index (χ1) is 9.61. The van der Waals surface area contributed by atoms with Crippen molar-refractivity contribution in [3.05, 3.63) is 48.2 Å². The number of rotatable bonds is 4. The van der Waals surface area contributed by atoms with Crippen LogP contribution in [0, 0.1) is 0 Å². The minimum atomic E-state index is -0.318. The summed E-state index contributed by atoms with van der Waals surface area (Å²) in [7, 11) is 3.99. The Bertz CT molecular complexity index is 592. The summed E-state index contributed by atoms with van der Waals surface area (Å²) in [6.07, 6.45) is 1.63. The first-order valence-corrected chi connectivity index (χ1v) is 6.52. The average Bonchev–Trinajstić information content (AvgIpc) is 2.48. The van der Waals surface area contributed by atoms with Crippen LogP contribution in [-0.2, 0) is 4.74 Å². The molecule has 2 aromatic rings. The molecule has 1 aromatic carbocycles. The van der Waals surface area contributed by atoms with Crippen LogP contribution in [-0.4, -0.2) is 31.7 Å². The summed E-state index contributed by atoms with van der Waals surface area (Å²) in [6.45, 7) is 2.16. The average molecular weight is 270 g/mol. The highest BCUT2D eigenvalue weighted by molar-refractivity contribution is 5.90. The number of ether oxygens (including phenoxy) is 1. The van der Waals surface area contributed by atoms with Gasteiger partial charge in [0, 0.05) is 31.5 Å². The minimum absolute atomic E-state index is 0.318. The molecule has 0 radical (unpaired) electrons. The molecule has 0 saturated carbocycles. The van der Waals surface area contributed by atoms with Crippen LogP contribution in [0.15, 0.2) is 42.6 Å². The number of aromatic nitrogens is 1. The van der Waals surface area contributed by atoms with Gasteiger partial charge < -0.3 is 9.64 Å². The van der Waals surface area contributed by atoms with Crippen LogP contribution < -0.4 is 4.90 Å². The van der Waals surface area contributed by atoms with Crippen LogP contribution in [0.4, 0.5) is 5.69 Å². The number of nitrogens with zero attached hydrogens (tertiary/aromatic N) is 2. The van der Waals surface area contributed by atoms with Crippen LogP contribution in [0.5, 0.6) is 0 Å². The molecule has 1 aromatic heterocycles. The van der Waals surface area contributed by atoms with Gasteiger partial charge in [0.25, 0.3) is 0 Å². The number of carbonyl (C=O) groups is 1. The summed E-state index contributed by atoms with van der Waals surface area (Å²) in [5.74, 6) is -0.318. The smallest absolute Gasteiger partial charge is 0.338 e. The molecule has 104 valence electrons. The van der Waals surface area contributed by atoms with Gasteiger partial charge in [-0.25, -0.2) is 4.79 Å². The summed E-state index contributed by atoms with van der Waals surface area (Å²) < 4.78 is 5.00. The monoisotopic (exact) mass is 270 g/mol. The topological polar surface area (TPSA) is 42.4 Å². The normalized spacial score (nSPS) is 10.2. The fourth-order valence-electron chi connectivity index (χ4n) is 1.86. The summed E-state index contributed by atoms with van der Waals surface area (Å²) in [5.41, 5.74) is 3.38. The maximum Gasteiger partial charge on any atom is 0.338 e. The van der Waals surface area contributed by atoms with Gasteiger partial charge in [-0.1, -0.05) is 12.1 Å². The standard InChI is InChI=1S/C16H18N2O2/c1-4-20-16(19)13-9-10-17-15(11-13)12-5-7-14(8-6-12)18(2)3/h5-11H,4H2,1-3H3. The Balaban J connectivity index is 2.28. The molecule has 0 bridgehead atoms. The highest BCUT2D eigenvalue weighted by Gasteiger charge is 2.08. The van der Waals surface area contributed by atoms with E-state index in [4.69, 9.17) is 4.74 Å². The number of anilines is 1. The van der Waals surface area contributed by atoms with Crippen molar-refractivity contribution in [3.63, 3.8) is 0 Å². The summed E-state index contributed by atoms with van der Waals surface area (Å²) >= 11 is 0. The molecule has 0 spiro atoms. The van der Waals surface area contributed by atoms with E-state index in [1.807, 2.05) is 43.3 Å². The predicted octanol–water partition coefficient (Wildman–Crippen LogP) is 2.99. The van der Waals surface area contributed by atoms with E-state index in [2.05, 4.69) is 4.98 Å². The molecule has 0 aliphatic carbocycles. The lowest BCUT2D eigenvalue weighted by Gasteiger charge is -2.12. The van der Waals surface area contributed by atoms with Gasteiger partial charge in [-0.05, 0) is 31.2 Å². The van der Waals surface area contributed by atoms with E-state index < -0.39 is 0 Å². The van der Waals surface area contributed by atoms with Crippen molar-refractivity contribution in [2.75, 3.05) is 25.6 Å². The molecule has 0 unspecified atom stereocenters. The van der Waals surface area contributed by atoms with Crippen molar-refractivity contribution < 1.29 is 9.53 Å². The maximum atomic E-state index is 11.7. The van der Waals surface area contributed by atoms with E-state index >= 15 is 0 Å². The van der Waals surface area contributed by atoms with Crippen molar-refractivity contribution in [1.82, 2.24) is 4.98 Å². The van der Waals surface area contributed by atoms with E-state index in [0.717, 1.165) is 16.9 Å². The third-order valence-corrected chi connectivity index (χ3v) is 2.95. The molecular formula is C16H18N2O2. The van der Waals surface area contributed by atoms with Crippen LogP contribution >= 0.6 is 0 Å². The van der Waals surface area contributed by atoms with Gasteiger partial charge in [-0.3, -0.25) is 4.98 Å². The molecule has 0 amide bonds. The predicted molar refractivity (Wildman–Crippen MR) is 80.0 cm³/mol. The molecule has 4 nitrogen and oxygen atoms in total. The quantitative estimate of drug-likeness (QED) is 0.801. The number of hydrogen-bond donors (Lipinski definition) is 0. The van der Waals surface area contributed by atoms with Crippen molar-refractivity contribution >= 4 is 11.7 Å². The molecule has 0 fully saturated rings. The van der Waals surface area contributed by atoms with E-state index in [-0.39, 0.29) is 5.97 Å². The lowest BCUT2D eigenvalue weighted by atomic mass is 10.1. The maximum absolute atomic E-state index is 11.7. The van der Waals surface area contributed by atoms with Crippen molar-refractivity contribution in [3.8, 4) is 11.3 Å². The molecular weight excluding hydrogens is 252 g/mol. The third-order valence-electron chi connectivity index (χ3n) is 2.95. The Morgan fingerprint density at radius 1 is 1.20 bits per heavy atom. The highest BCUT2D eigenvalue weighted by atomic mass is 16.5. The number of pyridine rings is 1. The first-order valence-electron chi connectivity index (χ1n) is 6.52. The molecule has 1 heterocycles. The Morgan fingerprint density at radius 3 is 2.50 bits per heavy atom. The van der Waals surface area contributed by atoms with Crippen LogP contribution in [0.25, 0.3) is 11.3 Å². The summed E-state index contributed by atoms with van der Waals surface area (Å²) in [4.78, 5) is 18.1. The Hall–Kier alpha value is -2.36. The Labute approximate surface area is 119 Å². The van der Waals surface area contributed by atoms with Gasteiger partial charge in [0.15, 0.2) is 0 Å². The molecule has 0 saturated heterocycles. The second-order valence-corrected chi connectivity index (χ2v) is 4.59. The van der Waals surface area contributed by atoms with Crippen molar-refractivity contribution in [2.45, 2.75) is 6.92 Å². The lowest BCUT2D eigenvalue weighted by molar-refractivity contribution is 0.0526. The van der Waals surface area contributed by atoms with Gasteiger partial charge in [-0.2, -0.15) is 0 Å². The van der Waals surface area contributed by atoms with Crippen LogP contribution in [0.1, 0.15) is 17.3 Å². The number of carbonyl (C=O) groups excluding carboxylic acids is 1. The SMILES string of the molecule is CCOC(=O)c1ccnc(-c2ccc(N(C)C)cc2)c1. The second-order valence-electron chi connectivity index (χ2n) is 4.59. The third kappa shape index (κ3) is 3.15. The second kappa shape index (κ2) is 6.19. The number of benzene rings is 1. The van der Waals surface area contributed by atoms with Gasteiger partial charge in [-0.15, -0.1) is 0 Å². The van der Waals surface area contributed by atoms with Gasteiger partial charge in [0.1, 0.15) is 0 Å². The fraction of sp³-hybridized carbons (Fsp3) is 0.250. The number of esters is 1. The molecule has 0 atom stereocenters. The molecule has 4 heteroatoms. The van der Waals surface area contributed by atoms with Crippen molar-refractivity contribution in [2.24, 2.45) is 0 Å². The van der Waals surface area contributed by atoms with Gasteiger partial charge in [0.2, 0.25) is 0 Å². The van der Waals surface area contributed by atoms with E-state index in [0.29, 0.717) is 12.2 Å². The van der Waals surface area contributed by atoms with Crippen molar-refractivity contribution in [1.29, 1.82) is 0 Å². The molecule has 0 aliphatic heterocycles. The summed E-state index contributed by atoms with van der Waals surface area (Å²) in [5, 5.41) is 0. The number of hydrogen-bond acceptors (Lipinski definition) is 4. The highest BCUT2D eigenvalue weighted by Crippen LogP contribution is 2.21. The zero-order chi connectivity index (χ0) is 14.5. The molecule has 2 rings (SSSR count). The van der Waals surface area contributed by atoms with Gasteiger partial charge in [0.05, 0.1) is 17.9 Å². The zero-order valence-corrected chi connectivity index (χ0v) is 12.0. The Kier molecular flexibility index (Phi) is 4.35. The largest absolute Gasteiger partial charge is 0.462 e. The molecule has 20 heavy (non-hydrogen) atoms. The molecule has 0 aliphatic rings. The Morgan fingerprint density at radius 2 is 1.90 bits per heavy atom.